The van der Waals surface area contributed by atoms with Crippen LogP contribution >= 0.6 is 15.9 Å². The van der Waals surface area contributed by atoms with Crippen LogP contribution in [0.2, 0.25) is 0 Å². The fourth-order valence-electron chi connectivity index (χ4n) is 6.83. The lowest BCUT2D eigenvalue weighted by molar-refractivity contribution is -0.384. The molecule has 44 heavy (non-hydrogen) atoms. The maximum atomic E-state index is 13.8. The van der Waals surface area contributed by atoms with Crippen molar-refractivity contribution < 1.29 is 24.0 Å². The molecular formula is C34H26BrN3O6. The lowest BCUT2D eigenvalue weighted by Gasteiger charge is -2.45. The van der Waals surface area contributed by atoms with Gasteiger partial charge in [-0.2, -0.15) is 10.1 Å². The summed E-state index contributed by atoms with van der Waals surface area (Å²) in [6.45, 7) is 2.39. The number of nitro benzene ring substituents is 1. The Bertz CT molecular complexity index is 1740. The van der Waals surface area contributed by atoms with Crippen LogP contribution in [-0.4, -0.2) is 34.6 Å². The van der Waals surface area contributed by atoms with Crippen LogP contribution in [0.1, 0.15) is 52.1 Å². The second-order valence-corrected chi connectivity index (χ2v) is 11.8. The second-order valence-electron chi connectivity index (χ2n) is 11.0. The molecule has 4 aromatic carbocycles. The van der Waals surface area contributed by atoms with Gasteiger partial charge in [-0.15, -0.1) is 0 Å². The van der Waals surface area contributed by atoms with E-state index in [-0.39, 0.29) is 35.9 Å². The highest BCUT2D eigenvalue weighted by molar-refractivity contribution is 9.10. The maximum absolute atomic E-state index is 13.8. The molecule has 3 aliphatic carbocycles. The number of carbonyl (C=O) groups excluding carboxylic acids is 2. The Morgan fingerprint density at radius 3 is 1.91 bits per heavy atom. The molecule has 2 atom stereocenters. The van der Waals surface area contributed by atoms with E-state index in [4.69, 9.17) is 9.47 Å². The van der Waals surface area contributed by atoms with Crippen LogP contribution in [0.15, 0.2) is 94.5 Å². The Kier molecular flexibility index (Phi) is 7.01. The molecule has 0 saturated carbocycles. The van der Waals surface area contributed by atoms with Crippen LogP contribution in [0.4, 0.5) is 5.69 Å². The molecule has 0 N–H and O–H groups in total. The SMILES string of the molecule is CCOc1cc(/C=N\N2C(=O)[C@H]3C4c5ccccc5C(c5ccccc54)[C@@H]3C2=O)cc(Br)c1OCc1ccc([N+](=O)[O-])cc1. The van der Waals surface area contributed by atoms with Gasteiger partial charge in [-0.3, -0.25) is 19.7 Å². The molecule has 0 aromatic heterocycles. The minimum absolute atomic E-state index is 0.00419. The number of carbonyl (C=O) groups is 2. The highest BCUT2D eigenvalue weighted by Crippen LogP contribution is 2.61. The van der Waals surface area contributed by atoms with Gasteiger partial charge in [0.1, 0.15) is 6.61 Å². The van der Waals surface area contributed by atoms with E-state index in [1.54, 1.807) is 24.3 Å². The maximum Gasteiger partial charge on any atom is 0.269 e. The Hall–Kier alpha value is -4.83. The normalized spacial score (nSPS) is 21.3. The summed E-state index contributed by atoms with van der Waals surface area (Å²) in [5.41, 5.74) is 5.80. The second kappa shape index (κ2) is 11.0. The van der Waals surface area contributed by atoms with E-state index in [1.807, 2.05) is 31.2 Å². The zero-order valence-corrected chi connectivity index (χ0v) is 25.1. The molecule has 2 bridgehead atoms. The molecule has 0 spiro atoms. The number of hydrogen-bond acceptors (Lipinski definition) is 7. The summed E-state index contributed by atoms with van der Waals surface area (Å²) in [4.78, 5) is 38.2. The summed E-state index contributed by atoms with van der Waals surface area (Å²) in [5.74, 6) is -1.08. The number of nitro groups is 1. The van der Waals surface area contributed by atoms with E-state index < -0.39 is 16.8 Å². The fraction of sp³-hybridized carbons (Fsp3) is 0.206. The average Bonchev–Trinajstić information content (AvgIpc) is 3.29. The third-order valence-corrected chi connectivity index (χ3v) is 9.20. The molecule has 4 aliphatic rings. The molecule has 1 saturated heterocycles. The van der Waals surface area contributed by atoms with Crippen LogP contribution < -0.4 is 9.47 Å². The van der Waals surface area contributed by atoms with Gasteiger partial charge < -0.3 is 9.47 Å². The third kappa shape index (κ3) is 4.48. The van der Waals surface area contributed by atoms with Crippen molar-refractivity contribution in [2.75, 3.05) is 6.61 Å². The van der Waals surface area contributed by atoms with Gasteiger partial charge in [-0.1, -0.05) is 48.5 Å². The number of hydrazone groups is 1. The van der Waals surface area contributed by atoms with E-state index in [0.29, 0.717) is 28.1 Å². The minimum atomic E-state index is -0.504. The molecule has 1 fully saturated rings. The lowest BCUT2D eigenvalue weighted by atomic mass is 9.55. The van der Waals surface area contributed by atoms with Crippen LogP contribution in [0.25, 0.3) is 0 Å². The summed E-state index contributed by atoms with van der Waals surface area (Å²) >= 11 is 3.55. The van der Waals surface area contributed by atoms with Crippen LogP contribution in [0.3, 0.4) is 0 Å². The van der Waals surface area contributed by atoms with Gasteiger partial charge >= 0.3 is 0 Å². The van der Waals surface area contributed by atoms with Crippen molar-refractivity contribution >= 4 is 39.6 Å². The quantitative estimate of drug-likeness (QED) is 0.0923. The Balaban J connectivity index is 1.15. The van der Waals surface area contributed by atoms with Gasteiger partial charge in [0.15, 0.2) is 11.5 Å². The summed E-state index contributed by atoms with van der Waals surface area (Å²) in [7, 11) is 0. The molecular weight excluding hydrogens is 626 g/mol. The van der Waals surface area contributed by atoms with Crippen LogP contribution in [0.5, 0.6) is 11.5 Å². The van der Waals surface area contributed by atoms with E-state index in [2.05, 4.69) is 45.3 Å². The number of ether oxygens (including phenoxy) is 2. The first kappa shape index (κ1) is 28.0. The third-order valence-electron chi connectivity index (χ3n) is 8.61. The molecule has 0 radical (unpaired) electrons. The Morgan fingerprint density at radius 1 is 0.864 bits per heavy atom. The largest absolute Gasteiger partial charge is 0.490 e. The van der Waals surface area contributed by atoms with Crippen molar-refractivity contribution in [3.63, 3.8) is 0 Å². The van der Waals surface area contributed by atoms with Gasteiger partial charge in [0.25, 0.3) is 17.5 Å². The fourth-order valence-corrected chi connectivity index (χ4v) is 7.41. The number of benzene rings is 4. The Labute approximate surface area is 261 Å². The molecule has 1 heterocycles. The summed E-state index contributed by atoms with van der Waals surface area (Å²) in [6, 6.07) is 25.9. The van der Waals surface area contributed by atoms with Gasteiger partial charge in [0, 0.05) is 24.0 Å². The van der Waals surface area contributed by atoms with Crippen LogP contribution in [-0.2, 0) is 16.2 Å². The van der Waals surface area contributed by atoms with Gasteiger partial charge in [-0.05, 0) is 80.5 Å². The number of non-ortho nitro benzene ring substituents is 1. The van der Waals surface area contributed by atoms with Crippen molar-refractivity contribution in [1.82, 2.24) is 5.01 Å². The number of amides is 2. The zero-order chi connectivity index (χ0) is 30.5. The van der Waals surface area contributed by atoms with Crippen molar-refractivity contribution in [3.8, 4) is 11.5 Å². The highest BCUT2D eigenvalue weighted by atomic mass is 79.9. The topological polar surface area (TPSA) is 111 Å². The van der Waals surface area contributed by atoms with Gasteiger partial charge in [0.05, 0.1) is 34.1 Å². The predicted molar refractivity (Wildman–Crippen MR) is 166 cm³/mol. The molecule has 9 nitrogen and oxygen atoms in total. The number of imide groups is 1. The number of nitrogens with zero attached hydrogens (tertiary/aromatic N) is 3. The smallest absolute Gasteiger partial charge is 0.269 e. The first-order valence-corrected chi connectivity index (χ1v) is 15.1. The van der Waals surface area contributed by atoms with Crippen molar-refractivity contribution in [1.29, 1.82) is 0 Å². The zero-order valence-electron chi connectivity index (χ0n) is 23.6. The van der Waals surface area contributed by atoms with E-state index in [9.17, 15) is 19.7 Å². The van der Waals surface area contributed by atoms with Gasteiger partial charge in [-0.25, -0.2) is 0 Å². The van der Waals surface area contributed by atoms with Gasteiger partial charge in [0.2, 0.25) is 0 Å². The van der Waals surface area contributed by atoms with Crippen molar-refractivity contribution in [2.24, 2.45) is 16.9 Å². The molecule has 2 amide bonds. The number of hydrogen-bond donors (Lipinski definition) is 0. The molecule has 10 heteroatoms. The number of rotatable bonds is 8. The monoisotopic (exact) mass is 651 g/mol. The Morgan fingerprint density at radius 2 is 1.41 bits per heavy atom. The standard InChI is InChI=1S/C34H26BrN3O6/c1-2-43-27-16-20(15-26(35)32(27)44-18-19-11-13-21(14-12-19)38(41)42)17-36-37-33(39)30-28-22-7-3-4-8-23(22)29(31(30)34(37)40)25-10-6-5-9-24(25)28/h3-17,28-31H,2,18H2,1H3/b36-17-/t28?,29?,30-,31-/m0/s1. The van der Waals surface area contributed by atoms with Crippen molar-refractivity contribution in [3.05, 3.63) is 133 Å². The minimum Gasteiger partial charge on any atom is -0.490 e. The summed E-state index contributed by atoms with van der Waals surface area (Å²) < 4.78 is 12.5. The average molecular weight is 653 g/mol. The molecule has 1 aliphatic heterocycles. The first-order chi connectivity index (χ1) is 21.4. The molecule has 0 unspecified atom stereocenters. The van der Waals surface area contributed by atoms with E-state index in [1.165, 1.54) is 18.3 Å². The summed E-state index contributed by atoms with van der Waals surface area (Å²) in [6.07, 6.45) is 1.49. The molecule has 4 aromatic rings. The van der Waals surface area contributed by atoms with E-state index in [0.717, 1.165) is 32.8 Å². The van der Waals surface area contributed by atoms with Crippen LogP contribution in [0, 0.1) is 22.0 Å². The lowest BCUT2D eigenvalue weighted by Crippen LogP contribution is -2.41. The van der Waals surface area contributed by atoms with Crippen molar-refractivity contribution in [2.45, 2.75) is 25.4 Å². The predicted octanol–water partition coefficient (Wildman–Crippen LogP) is 6.56. The molecule has 220 valence electrons. The number of halogens is 1. The summed E-state index contributed by atoms with van der Waals surface area (Å²) in [5, 5.41) is 16.4. The van der Waals surface area contributed by atoms with E-state index >= 15 is 0 Å². The first-order valence-electron chi connectivity index (χ1n) is 14.3. The highest BCUT2D eigenvalue weighted by Gasteiger charge is 2.61. The molecule has 8 rings (SSSR count).